The number of fused-ring (bicyclic) bond motifs is 1. The van der Waals surface area contributed by atoms with E-state index in [1.165, 1.54) is 23.3 Å². The van der Waals surface area contributed by atoms with Crippen molar-refractivity contribution in [3.63, 3.8) is 0 Å². The first kappa shape index (κ1) is 17.5. The Balaban J connectivity index is 1.77. The molecular formula is C19H23FN2O3. The van der Waals surface area contributed by atoms with E-state index in [9.17, 15) is 14.0 Å². The average molecular weight is 346 g/mol. The molecule has 0 unspecified atom stereocenters. The average Bonchev–Trinajstić information content (AvgIpc) is 2.95. The Kier molecular flexibility index (Phi) is 5.36. The van der Waals surface area contributed by atoms with E-state index in [2.05, 4.69) is 0 Å². The number of hydrogen-bond donors (Lipinski definition) is 0. The van der Waals surface area contributed by atoms with Gasteiger partial charge in [0.25, 0.3) is 5.91 Å². The molecule has 2 aromatic rings. The Hall–Kier alpha value is -2.37. The zero-order valence-corrected chi connectivity index (χ0v) is 14.5. The van der Waals surface area contributed by atoms with E-state index >= 15 is 0 Å². The summed E-state index contributed by atoms with van der Waals surface area (Å²) in [5.41, 5.74) is 0.427. The third kappa shape index (κ3) is 3.67. The van der Waals surface area contributed by atoms with Gasteiger partial charge in [0.15, 0.2) is 11.4 Å². The molecule has 1 aliphatic heterocycles. The van der Waals surface area contributed by atoms with Gasteiger partial charge in [-0.2, -0.15) is 0 Å². The molecule has 1 saturated heterocycles. The fourth-order valence-corrected chi connectivity index (χ4v) is 3.30. The van der Waals surface area contributed by atoms with Crippen molar-refractivity contribution in [1.29, 1.82) is 0 Å². The van der Waals surface area contributed by atoms with E-state index in [4.69, 9.17) is 4.42 Å². The SMILES string of the molecule is CCN(CC(=O)N1CCCCCC1)C(=O)c1ccc(F)c2occc12. The summed E-state index contributed by atoms with van der Waals surface area (Å²) in [6, 6.07) is 4.26. The second-order valence-corrected chi connectivity index (χ2v) is 6.37. The first-order valence-electron chi connectivity index (χ1n) is 8.84. The van der Waals surface area contributed by atoms with E-state index in [1.54, 1.807) is 6.07 Å². The lowest BCUT2D eigenvalue weighted by molar-refractivity contribution is -0.131. The Bertz CT molecular complexity index is 763. The second-order valence-electron chi connectivity index (χ2n) is 6.37. The van der Waals surface area contributed by atoms with Gasteiger partial charge in [0.2, 0.25) is 5.91 Å². The Morgan fingerprint density at radius 3 is 2.56 bits per heavy atom. The van der Waals surface area contributed by atoms with Crippen LogP contribution in [0.1, 0.15) is 43.0 Å². The van der Waals surface area contributed by atoms with Crippen LogP contribution in [0.25, 0.3) is 11.0 Å². The third-order valence-electron chi connectivity index (χ3n) is 4.75. The molecule has 1 aromatic heterocycles. The van der Waals surface area contributed by atoms with E-state index in [0.717, 1.165) is 38.8 Å². The van der Waals surface area contributed by atoms with Crippen molar-refractivity contribution >= 4 is 22.8 Å². The number of amides is 2. The monoisotopic (exact) mass is 346 g/mol. The van der Waals surface area contributed by atoms with E-state index in [1.807, 2.05) is 11.8 Å². The molecule has 25 heavy (non-hydrogen) atoms. The molecule has 1 fully saturated rings. The minimum absolute atomic E-state index is 0.0253. The Morgan fingerprint density at radius 2 is 1.88 bits per heavy atom. The number of benzene rings is 1. The molecular weight excluding hydrogens is 323 g/mol. The number of furan rings is 1. The van der Waals surface area contributed by atoms with Crippen LogP contribution in [0.15, 0.2) is 28.9 Å². The summed E-state index contributed by atoms with van der Waals surface area (Å²) in [7, 11) is 0. The standard InChI is InChI=1S/C19H23FN2O3/c1-2-21(13-17(23)22-10-5-3-4-6-11-22)19(24)15-7-8-16(20)18-14(15)9-12-25-18/h7-9,12H,2-6,10-11,13H2,1H3. The largest absolute Gasteiger partial charge is 0.461 e. The summed E-state index contributed by atoms with van der Waals surface area (Å²) >= 11 is 0. The molecule has 3 rings (SSSR count). The van der Waals surface area contributed by atoms with Gasteiger partial charge in [0.05, 0.1) is 11.8 Å². The zero-order valence-electron chi connectivity index (χ0n) is 14.5. The summed E-state index contributed by atoms with van der Waals surface area (Å²) in [6.45, 7) is 3.81. The molecule has 0 N–H and O–H groups in total. The van der Waals surface area contributed by atoms with Gasteiger partial charge in [-0.25, -0.2) is 4.39 Å². The minimum Gasteiger partial charge on any atom is -0.461 e. The van der Waals surface area contributed by atoms with Crippen molar-refractivity contribution in [2.75, 3.05) is 26.2 Å². The van der Waals surface area contributed by atoms with E-state index in [0.29, 0.717) is 17.5 Å². The molecule has 1 aromatic carbocycles. The van der Waals surface area contributed by atoms with Crippen molar-refractivity contribution in [2.45, 2.75) is 32.6 Å². The first-order chi connectivity index (χ1) is 12.1. The number of likely N-dealkylation sites (N-methyl/N-ethyl adjacent to an activating group) is 1. The highest BCUT2D eigenvalue weighted by molar-refractivity contribution is 6.06. The molecule has 0 atom stereocenters. The lowest BCUT2D eigenvalue weighted by Crippen LogP contribution is -2.43. The normalized spacial score (nSPS) is 15.2. The van der Waals surface area contributed by atoms with Gasteiger partial charge in [-0.05, 0) is 38.0 Å². The first-order valence-corrected chi connectivity index (χ1v) is 8.84. The Morgan fingerprint density at radius 1 is 1.16 bits per heavy atom. The van der Waals surface area contributed by atoms with E-state index < -0.39 is 5.82 Å². The van der Waals surface area contributed by atoms with Crippen LogP contribution in [-0.4, -0.2) is 47.8 Å². The molecule has 5 nitrogen and oxygen atoms in total. The number of rotatable bonds is 4. The summed E-state index contributed by atoms with van der Waals surface area (Å²) in [6.07, 6.45) is 5.69. The van der Waals surface area contributed by atoms with Crippen molar-refractivity contribution < 1.29 is 18.4 Å². The van der Waals surface area contributed by atoms with Crippen LogP contribution in [0.5, 0.6) is 0 Å². The number of halogens is 1. The van der Waals surface area contributed by atoms with E-state index in [-0.39, 0.29) is 23.9 Å². The van der Waals surface area contributed by atoms with Gasteiger partial charge >= 0.3 is 0 Å². The predicted molar refractivity (Wildman–Crippen MR) is 92.8 cm³/mol. The summed E-state index contributed by atoms with van der Waals surface area (Å²) in [4.78, 5) is 28.8. The highest BCUT2D eigenvalue weighted by Gasteiger charge is 2.24. The number of carbonyl (C=O) groups excluding carboxylic acids is 2. The lowest BCUT2D eigenvalue weighted by Gasteiger charge is -2.26. The highest BCUT2D eigenvalue weighted by Crippen LogP contribution is 2.24. The summed E-state index contributed by atoms with van der Waals surface area (Å²) in [5, 5.41) is 0.436. The molecule has 0 bridgehead atoms. The van der Waals surface area contributed by atoms with Crippen LogP contribution in [0.2, 0.25) is 0 Å². The Labute approximate surface area is 146 Å². The number of carbonyl (C=O) groups is 2. The molecule has 6 heteroatoms. The maximum Gasteiger partial charge on any atom is 0.255 e. The third-order valence-corrected chi connectivity index (χ3v) is 4.75. The molecule has 0 saturated carbocycles. The lowest BCUT2D eigenvalue weighted by atomic mass is 10.1. The van der Waals surface area contributed by atoms with Crippen molar-refractivity contribution in [3.05, 3.63) is 35.8 Å². The molecule has 2 heterocycles. The van der Waals surface area contributed by atoms with Crippen LogP contribution in [-0.2, 0) is 4.79 Å². The number of likely N-dealkylation sites (tertiary alicyclic amines) is 1. The van der Waals surface area contributed by atoms with Crippen LogP contribution >= 0.6 is 0 Å². The zero-order chi connectivity index (χ0) is 17.8. The van der Waals surface area contributed by atoms with Crippen molar-refractivity contribution in [1.82, 2.24) is 9.80 Å². The molecule has 0 aliphatic carbocycles. The predicted octanol–water partition coefficient (Wildman–Crippen LogP) is 3.44. The molecule has 1 aliphatic rings. The minimum atomic E-state index is -0.500. The number of nitrogens with zero attached hydrogens (tertiary/aromatic N) is 2. The molecule has 2 amide bonds. The summed E-state index contributed by atoms with van der Waals surface area (Å²) < 4.78 is 18.9. The van der Waals surface area contributed by atoms with Crippen LogP contribution < -0.4 is 0 Å². The van der Waals surface area contributed by atoms with Crippen LogP contribution in [0.3, 0.4) is 0 Å². The van der Waals surface area contributed by atoms with Gasteiger partial charge < -0.3 is 14.2 Å². The van der Waals surface area contributed by atoms with Crippen molar-refractivity contribution in [3.8, 4) is 0 Å². The molecule has 0 radical (unpaired) electrons. The molecule has 134 valence electrons. The topological polar surface area (TPSA) is 53.8 Å². The second kappa shape index (κ2) is 7.68. The van der Waals surface area contributed by atoms with Gasteiger partial charge in [0, 0.05) is 25.0 Å². The van der Waals surface area contributed by atoms with Crippen LogP contribution in [0, 0.1) is 5.82 Å². The smallest absolute Gasteiger partial charge is 0.255 e. The number of hydrogen-bond acceptors (Lipinski definition) is 3. The highest BCUT2D eigenvalue weighted by atomic mass is 19.1. The van der Waals surface area contributed by atoms with Crippen molar-refractivity contribution in [2.24, 2.45) is 0 Å². The maximum absolute atomic E-state index is 13.8. The van der Waals surface area contributed by atoms with Gasteiger partial charge in [-0.1, -0.05) is 12.8 Å². The van der Waals surface area contributed by atoms with Crippen LogP contribution in [0.4, 0.5) is 4.39 Å². The molecule has 0 spiro atoms. The fourth-order valence-electron chi connectivity index (χ4n) is 3.30. The summed E-state index contributed by atoms with van der Waals surface area (Å²) in [5.74, 6) is -0.806. The quantitative estimate of drug-likeness (QED) is 0.852. The van der Waals surface area contributed by atoms with Gasteiger partial charge in [-0.3, -0.25) is 9.59 Å². The maximum atomic E-state index is 13.8. The van der Waals surface area contributed by atoms with Gasteiger partial charge in [-0.15, -0.1) is 0 Å². The van der Waals surface area contributed by atoms with Gasteiger partial charge in [0.1, 0.15) is 6.54 Å². The fraction of sp³-hybridized carbons (Fsp3) is 0.474.